The summed E-state index contributed by atoms with van der Waals surface area (Å²) in [4.78, 5) is 17.5. The molecule has 6 nitrogen and oxygen atoms in total. The van der Waals surface area contributed by atoms with Crippen molar-refractivity contribution in [3.05, 3.63) is 119 Å². The fraction of sp³-hybridized carbons (Fsp3) is 0.0625. The number of hydrogen-bond donors (Lipinski definition) is 3. The predicted molar refractivity (Wildman–Crippen MR) is 164 cm³/mol. The number of nitrogens with two attached hydrogens (primary N) is 1. The zero-order chi connectivity index (χ0) is 27.6. The fourth-order valence-electron chi connectivity index (χ4n) is 4.76. The van der Waals surface area contributed by atoms with E-state index in [0.29, 0.717) is 21.3 Å². The van der Waals surface area contributed by atoms with Crippen LogP contribution in [0.4, 0.5) is 17.1 Å². The van der Waals surface area contributed by atoms with Gasteiger partial charge in [0.05, 0.1) is 21.7 Å². The minimum atomic E-state index is -0.556. The first-order chi connectivity index (χ1) is 19.5. The van der Waals surface area contributed by atoms with Gasteiger partial charge < -0.3 is 20.8 Å². The molecule has 0 spiro atoms. The molecule has 0 bridgehead atoms. The number of para-hydroxylation sites is 2. The molecule has 6 rings (SSSR count). The maximum Gasteiger partial charge on any atom is 0.233 e. The van der Waals surface area contributed by atoms with E-state index in [1.54, 1.807) is 24.4 Å². The third-order valence-corrected chi connectivity index (χ3v) is 7.52. The van der Waals surface area contributed by atoms with Crippen LogP contribution in [0.15, 0.2) is 108 Å². The van der Waals surface area contributed by atoms with Crippen LogP contribution < -0.4 is 16.4 Å². The Morgan fingerprint density at radius 2 is 1.60 bits per heavy atom. The molecule has 2 aromatic heterocycles. The van der Waals surface area contributed by atoms with Crippen molar-refractivity contribution in [2.45, 2.75) is 5.92 Å². The zero-order valence-corrected chi connectivity index (χ0v) is 22.7. The average molecular weight is 567 g/mol. The van der Waals surface area contributed by atoms with Gasteiger partial charge in [0.15, 0.2) is 0 Å². The molecule has 4 N–H and O–H groups in total. The third-order valence-electron chi connectivity index (χ3n) is 6.78. The molecule has 8 heteroatoms. The number of fused-ring (bicyclic) bond motifs is 3. The van der Waals surface area contributed by atoms with Crippen LogP contribution in [0.3, 0.4) is 0 Å². The summed E-state index contributed by atoms with van der Waals surface area (Å²) in [6, 6.07) is 30.6. The molecule has 198 valence electrons. The van der Waals surface area contributed by atoms with Crippen LogP contribution in [0.25, 0.3) is 33.2 Å². The summed E-state index contributed by atoms with van der Waals surface area (Å²) in [5, 5.41) is 9.29. The Kier molecular flexibility index (Phi) is 7.13. The Bertz CT molecular complexity index is 1850. The lowest BCUT2D eigenvalue weighted by Gasteiger charge is -2.16. The lowest BCUT2D eigenvalue weighted by atomic mass is 9.98. The Labute approximate surface area is 240 Å². The highest BCUT2D eigenvalue weighted by atomic mass is 35.5. The summed E-state index contributed by atoms with van der Waals surface area (Å²) in [5.74, 6) is -0.779. The Balaban J connectivity index is 1.19. The second-order valence-electron chi connectivity index (χ2n) is 9.36. The molecule has 0 fully saturated rings. The first-order valence-electron chi connectivity index (χ1n) is 12.7. The van der Waals surface area contributed by atoms with Crippen molar-refractivity contribution in [3.63, 3.8) is 0 Å². The van der Waals surface area contributed by atoms with Gasteiger partial charge in [-0.25, -0.2) is 0 Å². The first-order valence-corrected chi connectivity index (χ1v) is 13.5. The van der Waals surface area contributed by atoms with E-state index in [0.717, 1.165) is 44.6 Å². The SMILES string of the molecule is NCC(C(=O)Nc1ccc(Nc2ccnc(-c3cccc4c3oc3ccccc34)c2)cc1)c1ccc(Cl)c(Cl)c1. The summed E-state index contributed by atoms with van der Waals surface area (Å²) < 4.78 is 6.19. The monoisotopic (exact) mass is 566 g/mol. The summed E-state index contributed by atoms with van der Waals surface area (Å²) in [7, 11) is 0. The topological polar surface area (TPSA) is 93.2 Å². The molecule has 0 aliphatic heterocycles. The lowest BCUT2D eigenvalue weighted by Crippen LogP contribution is -2.27. The van der Waals surface area contributed by atoms with E-state index in [1.165, 1.54) is 0 Å². The highest BCUT2D eigenvalue weighted by Gasteiger charge is 2.20. The van der Waals surface area contributed by atoms with E-state index >= 15 is 0 Å². The molecule has 0 aliphatic carbocycles. The maximum atomic E-state index is 12.9. The van der Waals surface area contributed by atoms with E-state index in [9.17, 15) is 4.79 Å². The minimum Gasteiger partial charge on any atom is -0.455 e. The van der Waals surface area contributed by atoms with E-state index in [1.807, 2.05) is 66.7 Å². The van der Waals surface area contributed by atoms with Crippen molar-refractivity contribution in [1.82, 2.24) is 4.98 Å². The number of amides is 1. The van der Waals surface area contributed by atoms with Crippen molar-refractivity contribution in [3.8, 4) is 11.3 Å². The number of anilines is 3. The smallest absolute Gasteiger partial charge is 0.233 e. The Hall–Kier alpha value is -4.36. The van der Waals surface area contributed by atoms with Gasteiger partial charge in [0, 0.05) is 46.1 Å². The van der Waals surface area contributed by atoms with Crippen LogP contribution in [-0.2, 0) is 4.79 Å². The van der Waals surface area contributed by atoms with E-state index in [4.69, 9.17) is 33.4 Å². The molecule has 1 unspecified atom stereocenters. The van der Waals surface area contributed by atoms with Crippen LogP contribution in [0.2, 0.25) is 10.0 Å². The molecule has 0 saturated carbocycles. The second kappa shape index (κ2) is 11.0. The summed E-state index contributed by atoms with van der Waals surface area (Å²) in [5.41, 5.74) is 12.4. The Morgan fingerprint density at radius 3 is 2.40 bits per heavy atom. The maximum absolute atomic E-state index is 12.9. The molecule has 1 atom stereocenters. The van der Waals surface area contributed by atoms with Crippen LogP contribution in [0, 0.1) is 0 Å². The van der Waals surface area contributed by atoms with Crippen LogP contribution >= 0.6 is 23.2 Å². The lowest BCUT2D eigenvalue weighted by molar-refractivity contribution is -0.117. The van der Waals surface area contributed by atoms with Gasteiger partial charge in [-0.3, -0.25) is 9.78 Å². The van der Waals surface area contributed by atoms with Gasteiger partial charge >= 0.3 is 0 Å². The van der Waals surface area contributed by atoms with E-state index in [2.05, 4.69) is 27.8 Å². The summed E-state index contributed by atoms with van der Waals surface area (Å²) >= 11 is 12.1. The van der Waals surface area contributed by atoms with Gasteiger partial charge in [0.25, 0.3) is 0 Å². The van der Waals surface area contributed by atoms with E-state index in [-0.39, 0.29) is 12.5 Å². The number of nitrogens with zero attached hydrogens (tertiary/aromatic N) is 1. The average Bonchev–Trinajstić information content (AvgIpc) is 3.35. The van der Waals surface area contributed by atoms with Crippen LogP contribution in [0.1, 0.15) is 11.5 Å². The molecule has 6 aromatic rings. The Morgan fingerprint density at radius 1 is 0.825 bits per heavy atom. The van der Waals surface area contributed by atoms with Gasteiger partial charge in [0.1, 0.15) is 11.2 Å². The molecule has 0 aliphatic rings. The van der Waals surface area contributed by atoms with Crippen molar-refractivity contribution in [1.29, 1.82) is 0 Å². The molecule has 4 aromatic carbocycles. The quantitative estimate of drug-likeness (QED) is 0.180. The number of halogens is 2. The van der Waals surface area contributed by atoms with Gasteiger partial charge in [0.2, 0.25) is 5.91 Å². The number of carbonyl (C=O) groups is 1. The standard InChI is InChI=1S/C32H24Cl2N4O2/c33-27-13-8-19(16-28(27)34)26(18-35)32(39)38-21-11-9-20(10-12-21)37-22-14-15-36-29(17-22)25-6-3-5-24-23-4-1-2-7-30(23)40-31(24)25/h1-17,26H,18,35H2,(H,36,37)(H,38,39). The van der Waals surface area contributed by atoms with Crippen molar-refractivity contribution in [2.24, 2.45) is 5.73 Å². The largest absolute Gasteiger partial charge is 0.455 e. The molecular formula is C32H24Cl2N4O2. The molecular weight excluding hydrogens is 543 g/mol. The predicted octanol–water partition coefficient (Wildman–Crippen LogP) is 8.38. The normalized spacial score (nSPS) is 12.0. The molecule has 40 heavy (non-hydrogen) atoms. The van der Waals surface area contributed by atoms with Gasteiger partial charge in [-0.1, -0.05) is 59.6 Å². The van der Waals surface area contributed by atoms with E-state index < -0.39 is 5.92 Å². The number of carbonyl (C=O) groups excluding carboxylic acids is 1. The highest BCUT2D eigenvalue weighted by Crippen LogP contribution is 2.36. The third kappa shape index (κ3) is 5.12. The zero-order valence-electron chi connectivity index (χ0n) is 21.2. The van der Waals surface area contributed by atoms with Crippen molar-refractivity contribution < 1.29 is 9.21 Å². The minimum absolute atomic E-state index is 0.134. The van der Waals surface area contributed by atoms with Crippen LogP contribution in [0.5, 0.6) is 0 Å². The number of furan rings is 1. The number of pyridine rings is 1. The van der Waals surface area contributed by atoms with Gasteiger partial charge in [-0.2, -0.15) is 0 Å². The first kappa shape index (κ1) is 25.9. The van der Waals surface area contributed by atoms with Crippen LogP contribution in [-0.4, -0.2) is 17.4 Å². The van der Waals surface area contributed by atoms with Crippen molar-refractivity contribution >= 4 is 68.1 Å². The summed E-state index contributed by atoms with van der Waals surface area (Å²) in [6.45, 7) is 0.134. The summed E-state index contributed by atoms with van der Waals surface area (Å²) in [6.07, 6.45) is 1.77. The molecule has 0 radical (unpaired) electrons. The number of benzene rings is 4. The molecule has 0 saturated heterocycles. The molecule has 1 amide bonds. The second-order valence-corrected chi connectivity index (χ2v) is 10.2. The fourth-order valence-corrected chi connectivity index (χ4v) is 5.07. The number of rotatable bonds is 7. The number of hydrogen-bond acceptors (Lipinski definition) is 5. The number of nitrogens with one attached hydrogen (secondary N) is 2. The highest BCUT2D eigenvalue weighted by molar-refractivity contribution is 6.42. The number of aromatic nitrogens is 1. The van der Waals surface area contributed by atoms with Gasteiger partial charge in [-0.15, -0.1) is 0 Å². The van der Waals surface area contributed by atoms with Gasteiger partial charge in [-0.05, 0) is 66.2 Å². The molecule has 2 heterocycles. The van der Waals surface area contributed by atoms with Crippen molar-refractivity contribution in [2.75, 3.05) is 17.2 Å².